The molecule has 0 bridgehead atoms. The fourth-order valence-corrected chi connectivity index (χ4v) is 3.48. The van der Waals surface area contributed by atoms with Gasteiger partial charge < -0.3 is 14.5 Å². The van der Waals surface area contributed by atoms with Crippen LogP contribution in [0.3, 0.4) is 0 Å². The molecule has 0 aliphatic carbocycles. The van der Waals surface area contributed by atoms with Crippen LogP contribution in [0.4, 0.5) is 4.39 Å². The number of morpholine rings is 1. The Bertz CT molecular complexity index is 614. The molecular weight excluding hydrogens is 311 g/mol. The van der Waals surface area contributed by atoms with Gasteiger partial charge in [0.1, 0.15) is 12.4 Å². The van der Waals surface area contributed by atoms with Crippen LogP contribution in [0.25, 0.3) is 0 Å². The van der Waals surface area contributed by atoms with Crippen LogP contribution in [-0.4, -0.2) is 54.5 Å². The first-order chi connectivity index (χ1) is 11.6. The third kappa shape index (κ3) is 3.29. The van der Waals surface area contributed by atoms with E-state index in [-0.39, 0.29) is 18.4 Å². The molecule has 1 aromatic carbocycles. The molecule has 3 rings (SSSR count). The third-order valence-electron chi connectivity index (χ3n) is 4.87. The second-order valence-electron chi connectivity index (χ2n) is 6.44. The molecule has 0 N–H and O–H groups in total. The summed E-state index contributed by atoms with van der Waals surface area (Å²) >= 11 is 0. The summed E-state index contributed by atoms with van der Waals surface area (Å²) in [6.45, 7) is 1.24. The lowest BCUT2D eigenvalue weighted by Crippen LogP contribution is -2.54. The first kappa shape index (κ1) is 16.9. The van der Waals surface area contributed by atoms with Crippen molar-refractivity contribution in [2.45, 2.75) is 37.8 Å². The highest BCUT2D eigenvalue weighted by molar-refractivity contribution is 5.86. The summed E-state index contributed by atoms with van der Waals surface area (Å²) in [6.07, 6.45) is 3.31. The van der Waals surface area contributed by atoms with Crippen LogP contribution in [0.1, 0.15) is 37.3 Å². The van der Waals surface area contributed by atoms with Crippen LogP contribution >= 0.6 is 0 Å². The van der Waals surface area contributed by atoms with Crippen molar-refractivity contribution in [1.29, 1.82) is 0 Å². The Morgan fingerprint density at radius 2 is 1.83 bits per heavy atom. The highest BCUT2D eigenvalue weighted by Gasteiger charge is 2.42. The van der Waals surface area contributed by atoms with Crippen molar-refractivity contribution in [2.75, 3.05) is 26.7 Å². The van der Waals surface area contributed by atoms with Gasteiger partial charge in [0, 0.05) is 25.7 Å². The van der Waals surface area contributed by atoms with E-state index in [1.165, 1.54) is 11.0 Å². The van der Waals surface area contributed by atoms with E-state index in [0.717, 1.165) is 25.7 Å². The lowest BCUT2D eigenvalue weighted by atomic mass is 9.96. The van der Waals surface area contributed by atoms with E-state index in [4.69, 9.17) is 4.74 Å². The Morgan fingerprint density at radius 1 is 1.17 bits per heavy atom. The molecule has 2 saturated heterocycles. The molecule has 0 unspecified atom stereocenters. The molecule has 6 heteroatoms. The van der Waals surface area contributed by atoms with Gasteiger partial charge in [-0.25, -0.2) is 4.39 Å². The fraction of sp³-hybridized carbons (Fsp3) is 0.556. The number of halogens is 1. The Hall–Kier alpha value is -1.95. The number of benzene rings is 1. The number of rotatable bonds is 2. The van der Waals surface area contributed by atoms with E-state index in [0.29, 0.717) is 18.7 Å². The molecule has 24 heavy (non-hydrogen) atoms. The maximum absolute atomic E-state index is 14.3. The molecule has 130 valence electrons. The smallest absolute Gasteiger partial charge is 0.254 e. The molecule has 0 saturated carbocycles. The summed E-state index contributed by atoms with van der Waals surface area (Å²) in [5.74, 6) is -0.825. The number of nitrogens with zero attached hydrogens (tertiary/aromatic N) is 2. The van der Waals surface area contributed by atoms with E-state index < -0.39 is 18.0 Å². The summed E-state index contributed by atoms with van der Waals surface area (Å²) < 4.78 is 19.9. The second kappa shape index (κ2) is 7.30. The molecule has 1 aromatic rings. The summed E-state index contributed by atoms with van der Waals surface area (Å²) in [7, 11) is 1.60. The molecule has 2 aliphatic heterocycles. The molecule has 2 amide bonds. The number of amides is 2. The number of likely N-dealkylation sites (tertiary alicyclic amines) is 1. The summed E-state index contributed by atoms with van der Waals surface area (Å²) in [5.41, 5.74) is 0.321. The molecule has 5 nitrogen and oxygen atoms in total. The van der Waals surface area contributed by atoms with Crippen LogP contribution in [0.15, 0.2) is 24.3 Å². The molecule has 0 radical (unpaired) electrons. The van der Waals surface area contributed by atoms with Gasteiger partial charge in [0.05, 0.1) is 6.04 Å². The average molecular weight is 334 g/mol. The van der Waals surface area contributed by atoms with Gasteiger partial charge >= 0.3 is 0 Å². The van der Waals surface area contributed by atoms with Crippen molar-refractivity contribution in [2.24, 2.45) is 0 Å². The number of hydrogen-bond acceptors (Lipinski definition) is 3. The van der Waals surface area contributed by atoms with E-state index in [9.17, 15) is 14.0 Å². The molecule has 2 atom stereocenters. The molecule has 2 heterocycles. The number of carbonyl (C=O) groups excluding carboxylic acids is 2. The van der Waals surface area contributed by atoms with Gasteiger partial charge in [0.25, 0.3) is 5.91 Å². The zero-order valence-electron chi connectivity index (χ0n) is 13.9. The Morgan fingerprint density at radius 3 is 2.50 bits per heavy atom. The molecule has 0 spiro atoms. The zero-order valence-corrected chi connectivity index (χ0v) is 13.9. The largest absolute Gasteiger partial charge is 0.356 e. The first-order valence-electron chi connectivity index (χ1n) is 8.50. The highest BCUT2D eigenvalue weighted by Crippen LogP contribution is 2.32. The topological polar surface area (TPSA) is 49.9 Å². The summed E-state index contributed by atoms with van der Waals surface area (Å²) in [5, 5.41) is 0. The van der Waals surface area contributed by atoms with Gasteiger partial charge in [-0.3, -0.25) is 9.59 Å². The predicted molar refractivity (Wildman–Crippen MR) is 86.7 cm³/mol. The summed E-state index contributed by atoms with van der Waals surface area (Å²) in [6, 6.07) is 5.52. The van der Waals surface area contributed by atoms with Gasteiger partial charge in [0.2, 0.25) is 5.91 Å². The zero-order chi connectivity index (χ0) is 17.1. The number of carbonyl (C=O) groups is 2. The van der Waals surface area contributed by atoms with Crippen LogP contribution in [0, 0.1) is 5.82 Å². The van der Waals surface area contributed by atoms with Crippen LogP contribution in [-0.2, 0) is 14.3 Å². The fourth-order valence-electron chi connectivity index (χ4n) is 3.48. The van der Waals surface area contributed by atoms with Crippen LogP contribution in [0.5, 0.6) is 0 Å². The van der Waals surface area contributed by atoms with E-state index >= 15 is 0 Å². The predicted octanol–water partition coefficient (Wildman–Crippen LogP) is 2.13. The van der Waals surface area contributed by atoms with Gasteiger partial charge in [0.15, 0.2) is 6.10 Å². The van der Waals surface area contributed by atoms with Crippen molar-refractivity contribution in [3.8, 4) is 0 Å². The minimum atomic E-state index is -0.859. The normalized spacial score (nSPS) is 25.5. The first-order valence-corrected chi connectivity index (χ1v) is 8.50. The van der Waals surface area contributed by atoms with E-state index in [2.05, 4.69) is 0 Å². The third-order valence-corrected chi connectivity index (χ3v) is 4.87. The number of hydrogen-bond donors (Lipinski definition) is 0. The molecular formula is C18H23FN2O3. The van der Waals surface area contributed by atoms with E-state index in [1.54, 1.807) is 30.1 Å². The van der Waals surface area contributed by atoms with Crippen molar-refractivity contribution in [3.05, 3.63) is 35.6 Å². The maximum Gasteiger partial charge on any atom is 0.254 e. The van der Waals surface area contributed by atoms with E-state index in [1.807, 2.05) is 0 Å². The quantitative estimate of drug-likeness (QED) is 0.832. The lowest BCUT2D eigenvalue weighted by molar-refractivity contribution is -0.167. The van der Waals surface area contributed by atoms with Gasteiger partial charge in [-0.1, -0.05) is 31.0 Å². The van der Waals surface area contributed by atoms with Gasteiger partial charge in [-0.05, 0) is 18.9 Å². The second-order valence-corrected chi connectivity index (χ2v) is 6.44. The number of ether oxygens (including phenoxy) is 1. The van der Waals surface area contributed by atoms with Crippen molar-refractivity contribution in [1.82, 2.24) is 9.80 Å². The Balaban J connectivity index is 1.90. The monoisotopic (exact) mass is 334 g/mol. The van der Waals surface area contributed by atoms with Crippen molar-refractivity contribution in [3.63, 3.8) is 0 Å². The van der Waals surface area contributed by atoms with Crippen LogP contribution < -0.4 is 0 Å². The molecule has 2 aliphatic rings. The van der Waals surface area contributed by atoms with Crippen molar-refractivity contribution < 1.29 is 18.7 Å². The highest BCUT2D eigenvalue weighted by atomic mass is 19.1. The lowest BCUT2D eigenvalue weighted by Gasteiger charge is -2.40. The van der Waals surface area contributed by atoms with Gasteiger partial charge in [-0.2, -0.15) is 0 Å². The molecule has 0 aromatic heterocycles. The standard InChI is InChI=1S/C18H23FN2O3/c1-20-15(22)12-24-17(16(20)13-8-4-5-9-14(13)19)18(23)21-10-6-2-3-7-11-21/h4-5,8-9,16-17H,2-3,6-7,10-12H2,1H3/t16-,17-/m0/s1. The minimum Gasteiger partial charge on any atom is -0.356 e. The number of likely N-dealkylation sites (N-methyl/N-ethyl adjacent to an activating group) is 1. The van der Waals surface area contributed by atoms with Crippen molar-refractivity contribution >= 4 is 11.8 Å². The summed E-state index contributed by atoms with van der Waals surface area (Å²) in [4.78, 5) is 28.3. The average Bonchev–Trinajstić information content (AvgIpc) is 2.87. The Kier molecular flexibility index (Phi) is 5.14. The van der Waals surface area contributed by atoms with Gasteiger partial charge in [-0.15, -0.1) is 0 Å². The maximum atomic E-state index is 14.3. The van der Waals surface area contributed by atoms with Crippen LogP contribution in [0.2, 0.25) is 0 Å². The SMILES string of the molecule is CN1C(=O)CO[C@H](C(=O)N2CCCCCC2)[C@@H]1c1ccccc1F. The minimum absolute atomic E-state index is 0.147. The molecule has 2 fully saturated rings. The Labute approximate surface area is 141 Å².